The molecule has 8 heteroatoms. The predicted molar refractivity (Wildman–Crippen MR) is 124 cm³/mol. The molecule has 0 radical (unpaired) electrons. The van der Waals surface area contributed by atoms with Crippen molar-refractivity contribution in [1.29, 1.82) is 0 Å². The second kappa shape index (κ2) is 9.44. The zero-order chi connectivity index (χ0) is 23.4. The summed E-state index contributed by atoms with van der Waals surface area (Å²) >= 11 is 0. The van der Waals surface area contributed by atoms with Gasteiger partial charge in [-0.05, 0) is 41.5 Å². The first-order valence-corrected chi connectivity index (χ1v) is 10.3. The van der Waals surface area contributed by atoms with Gasteiger partial charge in [0.25, 0.3) is 0 Å². The van der Waals surface area contributed by atoms with Gasteiger partial charge in [0.15, 0.2) is 11.5 Å². The predicted octanol–water partition coefficient (Wildman–Crippen LogP) is 4.00. The molecule has 0 aliphatic heterocycles. The minimum atomic E-state index is -0.902. The highest BCUT2D eigenvalue weighted by molar-refractivity contribution is 5.94. The van der Waals surface area contributed by atoms with E-state index in [0.717, 1.165) is 11.1 Å². The van der Waals surface area contributed by atoms with Gasteiger partial charge in [-0.1, -0.05) is 36.4 Å². The first-order chi connectivity index (χ1) is 15.9. The Hall–Kier alpha value is -4.33. The number of amides is 1. The smallest absolute Gasteiger partial charge is 0.305 e. The topological polar surface area (TPSA) is 114 Å². The number of carbonyl (C=O) groups excluding carboxylic acids is 1. The minimum Gasteiger partial charge on any atom is -0.504 e. The van der Waals surface area contributed by atoms with Crippen LogP contribution in [0.25, 0.3) is 11.0 Å². The Balaban J connectivity index is 1.55. The summed E-state index contributed by atoms with van der Waals surface area (Å²) in [7, 11) is 1.45. The normalized spacial score (nSPS) is 11.8. The molecule has 4 rings (SSSR count). The lowest BCUT2D eigenvalue weighted by Gasteiger charge is -2.18. The van der Waals surface area contributed by atoms with E-state index in [1.165, 1.54) is 13.2 Å². The molecule has 1 heterocycles. The number of aliphatic carboxylic acids is 1. The van der Waals surface area contributed by atoms with Crippen molar-refractivity contribution in [2.24, 2.45) is 0 Å². The average Bonchev–Trinajstić information content (AvgIpc) is 3.22. The Bertz CT molecular complexity index is 1300. The number of nitrogens with one attached hydrogen (secondary N) is 1. The molecular weight excluding hydrogens is 422 g/mol. The van der Waals surface area contributed by atoms with Crippen molar-refractivity contribution in [1.82, 2.24) is 9.55 Å². The van der Waals surface area contributed by atoms with Gasteiger partial charge in [0.1, 0.15) is 0 Å². The third-order valence-corrected chi connectivity index (χ3v) is 5.36. The number of carboxylic acid groups (broad SMARTS) is 1. The van der Waals surface area contributed by atoms with E-state index in [1.807, 2.05) is 41.0 Å². The Labute approximate surface area is 190 Å². The van der Waals surface area contributed by atoms with Crippen LogP contribution in [0.2, 0.25) is 0 Å². The standard InChI is InChI=1S/C25H23N3O5/c1-33-23-11-16(7-10-22(23)29)12-24(30)27-18-8-9-20-19(13-18)26-15-28(20)21(14-25(31)32)17-5-3-2-4-6-17/h2-11,13,15,21,29H,12,14H2,1H3,(H,27,30)(H,31,32). The number of ether oxygens (including phenoxy) is 1. The van der Waals surface area contributed by atoms with E-state index >= 15 is 0 Å². The minimum absolute atomic E-state index is 0.0133. The average molecular weight is 445 g/mol. The van der Waals surface area contributed by atoms with E-state index in [2.05, 4.69) is 10.3 Å². The first-order valence-electron chi connectivity index (χ1n) is 10.3. The van der Waals surface area contributed by atoms with Crippen LogP contribution in [0.4, 0.5) is 5.69 Å². The number of rotatable bonds is 8. The largest absolute Gasteiger partial charge is 0.504 e. The Morgan fingerprint density at radius 1 is 1.09 bits per heavy atom. The van der Waals surface area contributed by atoms with Gasteiger partial charge < -0.3 is 24.8 Å². The quantitative estimate of drug-likeness (QED) is 0.378. The van der Waals surface area contributed by atoms with Crippen molar-refractivity contribution >= 4 is 28.6 Å². The molecule has 3 N–H and O–H groups in total. The molecule has 1 aromatic heterocycles. The first kappa shape index (κ1) is 21.9. The molecule has 1 amide bonds. The lowest BCUT2D eigenvalue weighted by Crippen LogP contribution is -2.15. The van der Waals surface area contributed by atoms with Crippen molar-refractivity contribution in [3.05, 3.63) is 84.2 Å². The summed E-state index contributed by atoms with van der Waals surface area (Å²) in [5.41, 5.74) is 3.57. The molecule has 8 nitrogen and oxygen atoms in total. The summed E-state index contributed by atoms with van der Waals surface area (Å²) in [5.74, 6) is -0.809. The van der Waals surface area contributed by atoms with Crippen LogP contribution in [-0.2, 0) is 16.0 Å². The van der Waals surface area contributed by atoms with E-state index in [4.69, 9.17) is 4.74 Å². The van der Waals surface area contributed by atoms with E-state index in [0.29, 0.717) is 22.5 Å². The molecule has 0 fully saturated rings. The molecule has 3 aromatic carbocycles. The summed E-state index contributed by atoms with van der Waals surface area (Å²) in [5, 5.41) is 22.0. The van der Waals surface area contributed by atoms with E-state index in [-0.39, 0.29) is 24.5 Å². The number of hydrogen-bond acceptors (Lipinski definition) is 5. The van der Waals surface area contributed by atoms with Crippen LogP contribution >= 0.6 is 0 Å². The summed E-state index contributed by atoms with van der Waals surface area (Å²) in [6.07, 6.45) is 1.65. The fraction of sp³-hybridized carbons (Fsp3) is 0.160. The van der Waals surface area contributed by atoms with Gasteiger partial charge >= 0.3 is 5.97 Å². The van der Waals surface area contributed by atoms with Gasteiger partial charge in [-0.15, -0.1) is 0 Å². The fourth-order valence-corrected chi connectivity index (χ4v) is 3.80. The highest BCUT2D eigenvalue weighted by atomic mass is 16.5. The summed E-state index contributed by atoms with van der Waals surface area (Å²) in [6, 6.07) is 19.1. The number of imidazole rings is 1. The molecule has 0 saturated heterocycles. The maximum absolute atomic E-state index is 12.5. The summed E-state index contributed by atoms with van der Waals surface area (Å²) in [4.78, 5) is 28.4. The maximum atomic E-state index is 12.5. The van der Waals surface area contributed by atoms with Crippen molar-refractivity contribution in [2.45, 2.75) is 18.9 Å². The molecule has 1 unspecified atom stereocenters. The molecule has 0 aliphatic rings. The van der Waals surface area contributed by atoms with E-state index in [9.17, 15) is 19.8 Å². The zero-order valence-electron chi connectivity index (χ0n) is 17.9. The van der Waals surface area contributed by atoms with Gasteiger partial charge in [0.2, 0.25) is 5.91 Å². The second-order valence-electron chi connectivity index (χ2n) is 7.61. The van der Waals surface area contributed by atoms with Gasteiger partial charge in [0.05, 0.1) is 43.4 Å². The molecule has 168 valence electrons. The lowest BCUT2D eigenvalue weighted by molar-refractivity contribution is -0.137. The van der Waals surface area contributed by atoms with Crippen molar-refractivity contribution in [3.63, 3.8) is 0 Å². The number of phenols is 1. The van der Waals surface area contributed by atoms with Gasteiger partial charge in [-0.3, -0.25) is 9.59 Å². The van der Waals surface area contributed by atoms with Crippen LogP contribution in [0.5, 0.6) is 11.5 Å². The van der Waals surface area contributed by atoms with Crippen LogP contribution in [0, 0.1) is 0 Å². The number of benzene rings is 3. The molecule has 4 aromatic rings. The molecular formula is C25H23N3O5. The number of carboxylic acids is 1. The van der Waals surface area contributed by atoms with Crippen molar-refractivity contribution < 1.29 is 24.5 Å². The van der Waals surface area contributed by atoms with Gasteiger partial charge in [-0.2, -0.15) is 0 Å². The third-order valence-electron chi connectivity index (χ3n) is 5.36. The number of phenolic OH excluding ortho intramolecular Hbond substituents is 1. The van der Waals surface area contributed by atoms with Crippen molar-refractivity contribution in [2.75, 3.05) is 12.4 Å². The van der Waals surface area contributed by atoms with Gasteiger partial charge in [0, 0.05) is 5.69 Å². The molecule has 0 aliphatic carbocycles. The summed E-state index contributed by atoms with van der Waals surface area (Å²) in [6.45, 7) is 0. The number of methoxy groups -OCH3 is 1. The van der Waals surface area contributed by atoms with Crippen LogP contribution in [0.3, 0.4) is 0 Å². The fourth-order valence-electron chi connectivity index (χ4n) is 3.80. The number of anilines is 1. The molecule has 33 heavy (non-hydrogen) atoms. The zero-order valence-corrected chi connectivity index (χ0v) is 17.9. The monoisotopic (exact) mass is 445 g/mol. The van der Waals surface area contributed by atoms with Crippen LogP contribution in [-0.4, -0.2) is 38.8 Å². The highest BCUT2D eigenvalue weighted by Gasteiger charge is 2.20. The number of aromatic nitrogens is 2. The highest BCUT2D eigenvalue weighted by Crippen LogP contribution is 2.29. The van der Waals surface area contributed by atoms with E-state index in [1.54, 1.807) is 30.6 Å². The Morgan fingerprint density at radius 2 is 1.88 bits per heavy atom. The maximum Gasteiger partial charge on any atom is 0.305 e. The number of carbonyl (C=O) groups is 2. The third kappa shape index (κ3) is 4.95. The molecule has 0 spiro atoms. The number of hydrogen-bond donors (Lipinski definition) is 3. The van der Waals surface area contributed by atoms with Crippen LogP contribution in [0.1, 0.15) is 23.6 Å². The summed E-state index contributed by atoms with van der Waals surface area (Å²) < 4.78 is 6.92. The molecule has 1 atom stereocenters. The van der Waals surface area contributed by atoms with Gasteiger partial charge in [-0.25, -0.2) is 4.98 Å². The van der Waals surface area contributed by atoms with E-state index < -0.39 is 12.0 Å². The Morgan fingerprint density at radius 3 is 2.61 bits per heavy atom. The Kier molecular flexibility index (Phi) is 6.26. The molecule has 0 bridgehead atoms. The lowest BCUT2D eigenvalue weighted by atomic mass is 10.0. The number of nitrogens with zero attached hydrogens (tertiary/aromatic N) is 2. The van der Waals surface area contributed by atoms with Crippen molar-refractivity contribution in [3.8, 4) is 11.5 Å². The SMILES string of the molecule is COc1cc(CC(=O)Nc2ccc3c(c2)ncn3C(CC(=O)O)c2ccccc2)ccc1O. The van der Waals surface area contributed by atoms with Crippen LogP contribution < -0.4 is 10.1 Å². The molecule has 0 saturated carbocycles. The second-order valence-corrected chi connectivity index (χ2v) is 7.61. The number of aromatic hydroxyl groups is 1. The van der Waals surface area contributed by atoms with Crippen LogP contribution in [0.15, 0.2) is 73.1 Å². The number of fused-ring (bicyclic) bond motifs is 1.